The third-order valence-corrected chi connectivity index (χ3v) is 7.63. The number of rotatable bonds is 2. The second-order valence-corrected chi connectivity index (χ2v) is 10.6. The van der Waals surface area contributed by atoms with Gasteiger partial charge in [-0.05, 0) is 48.6 Å². The molecule has 2 aliphatic carbocycles. The number of allylic oxidation sites excluding steroid dienone is 3. The molecule has 0 fully saturated rings. The lowest BCUT2D eigenvalue weighted by atomic mass is 9.69. The molecule has 1 N–H and O–H groups in total. The molecule has 4 heteroatoms. The predicted octanol–water partition coefficient (Wildman–Crippen LogP) is 5.72. The zero-order valence-electron chi connectivity index (χ0n) is 19.1. The Bertz CT molecular complexity index is 954. The molecule has 0 saturated heterocycles. The van der Waals surface area contributed by atoms with E-state index in [9.17, 15) is 9.59 Å². The number of carbonyl (C=O) groups excluding carboxylic acids is 2. The Kier molecular flexibility index (Phi) is 4.95. The van der Waals surface area contributed by atoms with E-state index in [0.29, 0.717) is 12.3 Å². The minimum Gasteiger partial charge on any atom is -0.357 e. The summed E-state index contributed by atoms with van der Waals surface area (Å²) in [5.41, 5.74) is 4.01. The first-order valence-electron chi connectivity index (χ1n) is 11.1. The highest BCUT2D eigenvalue weighted by Crippen LogP contribution is 2.50. The molecule has 1 aromatic carbocycles. The molecular formula is C26H34N2O2. The highest BCUT2D eigenvalue weighted by Gasteiger charge is 2.47. The average molecular weight is 407 g/mol. The van der Waals surface area contributed by atoms with E-state index in [2.05, 4.69) is 52.1 Å². The van der Waals surface area contributed by atoms with Gasteiger partial charge in [-0.25, -0.2) is 0 Å². The van der Waals surface area contributed by atoms with Gasteiger partial charge in [-0.2, -0.15) is 0 Å². The molecule has 3 atom stereocenters. The van der Waals surface area contributed by atoms with Crippen LogP contribution in [0.2, 0.25) is 0 Å². The van der Waals surface area contributed by atoms with Crippen molar-refractivity contribution >= 4 is 23.1 Å². The van der Waals surface area contributed by atoms with Crippen molar-refractivity contribution in [2.24, 2.45) is 22.7 Å². The number of anilines is 2. The van der Waals surface area contributed by atoms with Crippen LogP contribution in [0.4, 0.5) is 11.4 Å². The Morgan fingerprint density at radius 1 is 1.20 bits per heavy atom. The van der Waals surface area contributed by atoms with Crippen molar-refractivity contribution in [2.75, 3.05) is 10.2 Å². The van der Waals surface area contributed by atoms with Gasteiger partial charge in [-0.15, -0.1) is 0 Å². The number of para-hydroxylation sites is 2. The quantitative estimate of drug-likeness (QED) is 0.640. The lowest BCUT2D eigenvalue weighted by Gasteiger charge is -2.41. The van der Waals surface area contributed by atoms with Crippen molar-refractivity contribution in [1.82, 2.24) is 0 Å². The Balaban J connectivity index is 1.85. The largest absolute Gasteiger partial charge is 0.357 e. The molecule has 0 bridgehead atoms. The van der Waals surface area contributed by atoms with Crippen molar-refractivity contribution in [3.63, 3.8) is 0 Å². The van der Waals surface area contributed by atoms with Crippen LogP contribution in [0.15, 0.2) is 47.7 Å². The maximum Gasteiger partial charge on any atom is 0.224 e. The van der Waals surface area contributed by atoms with Crippen LogP contribution in [0, 0.1) is 22.7 Å². The normalized spacial score (nSPS) is 29.2. The summed E-state index contributed by atoms with van der Waals surface area (Å²) in [6.07, 6.45) is 6.86. The minimum absolute atomic E-state index is 0.00591. The summed E-state index contributed by atoms with van der Waals surface area (Å²) >= 11 is 0. The molecule has 1 heterocycles. The highest BCUT2D eigenvalue weighted by molar-refractivity contribution is 5.99. The number of hydrogen-bond acceptors (Lipinski definition) is 3. The summed E-state index contributed by atoms with van der Waals surface area (Å²) < 4.78 is 0. The fourth-order valence-electron chi connectivity index (χ4n) is 5.63. The molecule has 160 valence electrons. The van der Waals surface area contributed by atoms with Gasteiger partial charge < -0.3 is 10.2 Å². The van der Waals surface area contributed by atoms with Crippen molar-refractivity contribution in [2.45, 2.75) is 66.8 Å². The van der Waals surface area contributed by atoms with Crippen LogP contribution in [0.1, 0.15) is 60.8 Å². The molecule has 1 amide bonds. The summed E-state index contributed by atoms with van der Waals surface area (Å²) in [7, 11) is 0. The average Bonchev–Trinajstić information content (AvgIpc) is 2.81. The standard InChI is InChI=1S/C26H34N2O2/c1-16-11-12-18(26(16,5)6)13-22-24-20(14-25(3,4)15-23(24)30)27-19-9-7-8-10-21(19)28(22)17(2)29/h7-11,14,18,22,24,27H,12-13,15H2,1-6H3/t18-,22-,24-/m0/s1. The van der Waals surface area contributed by atoms with Crippen LogP contribution >= 0.6 is 0 Å². The predicted molar refractivity (Wildman–Crippen MR) is 122 cm³/mol. The third-order valence-electron chi connectivity index (χ3n) is 7.63. The maximum atomic E-state index is 13.5. The van der Waals surface area contributed by atoms with Crippen molar-refractivity contribution in [1.29, 1.82) is 0 Å². The van der Waals surface area contributed by atoms with Gasteiger partial charge in [0.2, 0.25) is 5.91 Å². The number of amides is 1. The molecule has 1 aliphatic heterocycles. The molecule has 1 aromatic rings. The first-order chi connectivity index (χ1) is 14.0. The molecule has 4 nitrogen and oxygen atoms in total. The number of nitrogens with zero attached hydrogens (tertiary/aromatic N) is 1. The first kappa shape index (κ1) is 20.9. The monoisotopic (exact) mass is 406 g/mol. The number of ketones is 1. The van der Waals surface area contributed by atoms with Crippen LogP contribution < -0.4 is 10.2 Å². The van der Waals surface area contributed by atoms with Crippen LogP contribution in [0.3, 0.4) is 0 Å². The van der Waals surface area contributed by atoms with Gasteiger partial charge in [0.15, 0.2) is 0 Å². The fourth-order valence-corrected chi connectivity index (χ4v) is 5.63. The fraction of sp³-hybridized carbons (Fsp3) is 0.538. The van der Waals surface area contributed by atoms with E-state index >= 15 is 0 Å². The Hall–Kier alpha value is -2.36. The maximum absolute atomic E-state index is 13.5. The van der Waals surface area contributed by atoms with Crippen molar-refractivity contribution < 1.29 is 9.59 Å². The number of fused-ring (bicyclic) bond motifs is 2. The third kappa shape index (κ3) is 3.40. The van der Waals surface area contributed by atoms with Crippen molar-refractivity contribution in [3.8, 4) is 0 Å². The topological polar surface area (TPSA) is 49.4 Å². The van der Waals surface area contributed by atoms with Crippen LogP contribution in [0.25, 0.3) is 0 Å². The molecule has 0 aromatic heterocycles. The van der Waals surface area contributed by atoms with Gasteiger partial charge in [0.25, 0.3) is 0 Å². The Morgan fingerprint density at radius 3 is 2.53 bits per heavy atom. The summed E-state index contributed by atoms with van der Waals surface area (Å²) in [4.78, 5) is 28.4. The lowest BCUT2D eigenvalue weighted by molar-refractivity contribution is -0.125. The second kappa shape index (κ2) is 7.11. The Morgan fingerprint density at radius 2 is 1.90 bits per heavy atom. The van der Waals surface area contributed by atoms with Gasteiger partial charge >= 0.3 is 0 Å². The van der Waals surface area contributed by atoms with Gasteiger partial charge in [0.05, 0.1) is 23.3 Å². The molecule has 0 spiro atoms. The Labute approximate surface area is 180 Å². The summed E-state index contributed by atoms with van der Waals surface area (Å²) in [6, 6.07) is 7.75. The first-order valence-corrected chi connectivity index (χ1v) is 11.1. The number of hydrogen-bond donors (Lipinski definition) is 1. The molecule has 4 rings (SSSR count). The van der Waals surface area contributed by atoms with Gasteiger partial charge in [0.1, 0.15) is 5.78 Å². The number of benzene rings is 1. The summed E-state index contributed by atoms with van der Waals surface area (Å²) in [6.45, 7) is 12.6. The number of carbonyl (C=O) groups is 2. The number of Topliss-reactive ketones (excluding diaryl/α,β-unsaturated/α-hetero) is 1. The van der Waals surface area contributed by atoms with E-state index in [0.717, 1.165) is 29.9 Å². The molecule has 0 unspecified atom stereocenters. The smallest absolute Gasteiger partial charge is 0.224 e. The zero-order chi connectivity index (χ0) is 21.8. The molecule has 0 radical (unpaired) electrons. The van der Waals surface area contributed by atoms with Gasteiger partial charge in [0, 0.05) is 19.0 Å². The zero-order valence-corrected chi connectivity index (χ0v) is 19.1. The molecule has 3 aliphatic rings. The summed E-state index contributed by atoms with van der Waals surface area (Å²) in [5.74, 6) is 0.313. The van der Waals surface area contributed by atoms with E-state index < -0.39 is 0 Å². The summed E-state index contributed by atoms with van der Waals surface area (Å²) in [5, 5.41) is 3.55. The van der Waals surface area contributed by atoms with Gasteiger partial charge in [-0.3, -0.25) is 9.59 Å². The second-order valence-electron chi connectivity index (χ2n) is 10.6. The van der Waals surface area contributed by atoms with Crippen LogP contribution in [-0.4, -0.2) is 17.7 Å². The number of nitrogens with one attached hydrogen (secondary N) is 1. The SMILES string of the molecule is CC(=O)N1c2ccccc2NC2=CC(C)(C)CC(=O)[C@@H]2[C@@H]1C[C@@H]1CC=C(C)C1(C)C. The minimum atomic E-state index is -0.314. The highest BCUT2D eigenvalue weighted by atomic mass is 16.2. The van der Waals surface area contributed by atoms with E-state index in [4.69, 9.17) is 0 Å². The van der Waals surface area contributed by atoms with Gasteiger partial charge in [-0.1, -0.05) is 57.6 Å². The van der Waals surface area contributed by atoms with E-state index in [1.54, 1.807) is 6.92 Å². The lowest BCUT2D eigenvalue weighted by Crippen LogP contribution is -2.50. The van der Waals surface area contributed by atoms with E-state index in [-0.39, 0.29) is 34.5 Å². The molecule has 0 saturated carbocycles. The van der Waals surface area contributed by atoms with Crippen LogP contribution in [-0.2, 0) is 9.59 Å². The van der Waals surface area contributed by atoms with E-state index in [1.807, 2.05) is 29.2 Å². The van der Waals surface area contributed by atoms with E-state index in [1.165, 1.54) is 5.57 Å². The van der Waals surface area contributed by atoms with Crippen molar-refractivity contribution in [3.05, 3.63) is 47.7 Å². The van der Waals surface area contributed by atoms with Crippen LogP contribution in [0.5, 0.6) is 0 Å². The molecule has 30 heavy (non-hydrogen) atoms. The molecular weight excluding hydrogens is 372 g/mol.